The number of hydrogen-bond acceptors (Lipinski definition) is 7. The van der Waals surface area contributed by atoms with Gasteiger partial charge in [-0.2, -0.15) is 10.1 Å². The molecule has 1 unspecified atom stereocenters. The number of piperidine rings is 1. The van der Waals surface area contributed by atoms with Gasteiger partial charge < -0.3 is 14.8 Å². The van der Waals surface area contributed by atoms with Gasteiger partial charge in [0.1, 0.15) is 11.6 Å². The van der Waals surface area contributed by atoms with E-state index in [1.165, 1.54) is 12.1 Å². The fourth-order valence-corrected chi connectivity index (χ4v) is 4.00. The lowest BCUT2D eigenvalue weighted by atomic mass is 9.98. The van der Waals surface area contributed by atoms with Crippen molar-refractivity contribution in [1.82, 2.24) is 29.4 Å². The summed E-state index contributed by atoms with van der Waals surface area (Å²) in [6.07, 6.45) is 2.59. The Morgan fingerprint density at radius 2 is 2.26 bits per heavy atom. The molecule has 1 amide bonds. The van der Waals surface area contributed by atoms with E-state index in [-0.39, 0.29) is 24.1 Å². The molecular weight excluding hydrogens is 421 g/mol. The molecule has 2 aromatic heterocycles. The van der Waals surface area contributed by atoms with Crippen molar-refractivity contribution in [1.29, 1.82) is 0 Å². The molecule has 0 saturated carbocycles. The minimum Gasteiger partial charge on any atom is -0.370 e. The predicted molar refractivity (Wildman–Crippen MR) is 113 cm³/mol. The highest BCUT2D eigenvalue weighted by atomic mass is 32.1. The number of aromatic nitrogens is 5. The third-order valence-electron chi connectivity index (χ3n) is 5.44. The number of aryl methyl sites for hydroxylation is 1. The van der Waals surface area contributed by atoms with Crippen molar-refractivity contribution in [3.05, 3.63) is 46.6 Å². The van der Waals surface area contributed by atoms with Crippen molar-refractivity contribution < 1.29 is 13.7 Å². The largest absolute Gasteiger partial charge is 0.370 e. The van der Waals surface area contributed by atoms with Crippen LogP contribution in [0.2, 0.25) is 0 Å². The maximum Gasteiger partial charge on any atom is 0.231 e. The van der Waals surface area contributed by atoms with Crippen molar-refractivity contribution in [3.63, 3.8) is 0 Å². The molecule has 11 heteroatoms. The molecule has 0 radical (unpaired) electrons. The monoisotopic (exact) mass is 445 g/mol. The second-order valence-corrected chi connectivity index (χ2v) is 8.11. The third-order valence-corrected chi connectivity index (χ3v) is 5.92. The molecule has 1 saturated heterocycles. The Kier molecular flexibility index (Phi) is 6.23. The third kappa shape index (κ3) is 4.88. The second-order valence-electron chi connectivity index (χ2n) is 7.75. The second kappa shape index (κ2) is 9.06. The summed E-state index contributed by atoms with van der Waals surface area (Å²) in [5.41, 5.74) is 5.83. The molecule has 164 valence electrons. The van der Waals surface area contributed by atoms with E-state index in [2.05, 4.69) is 20.1 Å². The fraction of sp³-hybridized carbons (Fsp3) is 0.450. The quantitative estimate of drug-likeness (QED) is 0.556. The van der Waals surface area contributed by atoms with Crippen LogP contribution in [0.4, 0.5) is 4.39 Å². The zero-order valence-corrected chi connectivity index (χ0v) is 18.0. The number of hydrogen-bond donors (Lipinski definition) is 1. The molecule has 0 aliphatic carbocycles. The minimum absolute atomic E-state index is 0.0794. The minimum atomic E-state index is -0.364. The van der Waals surface area contributed by atoms with Gasteiger partial charge in [0, 0.05) is 32.0 Å². The van der Waals surface area contributed by atoms with E-state index in [0.29, 0.717) is 35.1 Å². The van der Waals surface area contributed by atoms with Gasteiger partial charge >= 0.3 is 0 Å². The van der Waals surface area contributed by atoms with Crippen LogP contribution >= 0.6 is 12.2 Å². The van der Waals surface area contributed by atoms with Crippen LogP contribution < -0.4 is 5.73 Å². The molecule has 9 nitrogen and oxygen atoms in total. The molecule has 2 N–H and O–H groups in total. The lowest BCUT2D eigenvalue weighted by Crippen LogP contribution is -2.36. The van der Waals surface area contributed by atoms with Crippen LogP contribution in [0, 0.1) is 10.6 Å². The highest BCUT2D eigenvalue weighted by Crippen LogP contribution is 2.28. The standard InChI is InChI=1S/C20H24FN7O2S/c1-26-17(8-7-16(22)29)24-28(20(26)31)12-27-9-3-5-14(11-27)19-23-18(25-30-19)13-4-2-6-15(21)10-13/h2,4,6,10,14H,3,5,7-9,11-12H2,1H3,(H2,22,29). The molecular formula is C20H24FN7O2S. The normalized spacial score (nSPS) is 17.2. The molecule has 0 spiro atoms. The van der Waals surface area contributed by atoms with Crippen molar-refractivity contribution >= 4 is 18.1 Å². The lowest BCUT2D eigenvalue weighted by Gasteiger charge is -2.30. The number of halogens is 1. The highest BCUT2D eigenvalue weighted by molar-refractivity contribution is 7.71. The number of carbonyl (C=O) groups excluding carboxylic acids is 1. The number of benzene rings is 1. The number of likely N-dealkylation sites (tertiary alicyclic amines) is 1. The van der Waals surface area contributed by atoms with Crippen LogP contribution in [-0.4, -0.2) is 48.4 Å². The van der Waals surface area contributed by atoms with E-state index < -0.39 is 0 Å². The summed E-state index contributed by atoms with van der Waals surface area (Å²) in [5.74, 6) is 1.05. The summed E-state index contributed by atoms with van der Waals surface area (Å²) in [4.78, 5) is 17.8. The zero-order chi connectivity index (χ0) is 22.0. The average molecular weight is 446 g/mol. The Morgan fingerprint density at radius 1 is 1.42 bits per heavy atom. The van der Waals surface area contributed by atoms with Gasteiger partial charge in [0.2, 0.25) is 17.6 Å². The molecule has 4 rings (SSSR count). The van der Waals surface area contributed by atoms with Crippen LogP contribution in [0.1, 0.15) is 36.9 Å². The molecule has 1 aromatic carbocycles. The SMILES string of the molecule is Cn1c(CCC(N)=O)nn(CN2CCCC(c3nc(-c4cccc(F)c4)no3)C2)c1=S. The van der Waals surface area contributed by atoms with Gasteiger partial charge in [-0.15, -0.1) is 0 Å². The summed E-state index contributed by atoms with van der Waals surface area (Å²) in [7, 11) is 1.84. The van der Waals surface area contributed by atoms with E-state index in [4.69, 9.17) is 22.5 Å². The van der Waals surface area contributed by atoms with Crippen LogP contribution in [0.15, 0.2) is 28.8 Å². The Bertz CT molecular complexity index is 1140. The molecule has 31 heavy (non-hydrogen) atoms. The number of nitrogens with two attached hydrogens (primary N) is 1. The lowest BCUT2D eigenvalue weighted by molar-refractivity contribution is -0.118. The fourth-order valence-electron chi connectivity index (χ4n) is 3.80. The van der Waals surface area contributed by atoms with Gasteiger partial charge in [-0.05, 0) is 43.7 Å². The predicted octanol–water partition coefficient (Wildman–Crippen LogP) is 2.40. The maximum atomic E-state index is 13.5. The maximum absolute atomic E-state index is 13.5. The summed E-state index contributed by atoms with van der Waals surface area (Å²) in [6, 6.07) is 6.15. The summed E-state index contributed by atoms with van der Waals surface area (Å²) in [5, 5.41) is 8.59. The molecule has 3 aromatic rings. The Hall–Kier alpha value is -2.92. The molecule has 0 bridgehead atoms. The molecule has 3 heterocycles. The Morgan fingerprint density at radius 3 is 3.03 bits per heavy atom. The molecule has 1 fully saturated rings. The zero-order valence-electron chi connectivity index (χ0n) is 17.2. The number of carbonyl (C=O) groups is 1. The average Bonchev–Trinajstić information content (AvgIpc) is 3.34. The topological polar surface area (TPSA) is 108 Å². The first-order chi connectivity index (χ1) is 14.9. The van der Waals surface area contributed by atoms with Gasteiger partial charge in [-0.3, -0.25) is 9.69 Å². The molecule has 1 aliphatic heterocycles. The van der Waals surface area contributed by atoms with E-state index in [1.54, 1.807) is 16.8 Å². The first-order valence-electron chi connectivity index (χ1n) is 10.1. The van der Waals surface area contributed by atoms with Crippen LogP contribution in [-0.2, 0) is 24.9 Å². The van der Waals surface area contributed by atoms with Crippen molar-refractivity contribution in [2.75, 3.05) is 13.1 Å². The number of rotatable bonds is 7. The Labute approximate surface area is 183 Å². The number of amides is 1. The van der Waals surface area contributed by atoms with Crippen molar-refractivity contribution in [2.24, 2.45) is 12.8 Å². The smallest absolute Gasteiger partial charge is 0.231 e. The summed E-state index contributed by atoms with van der Waals surface area (Å²) >= 11 is 5.50. The highest BCUT2D eigenvalue weighted by Gasteiger charge is 2.27. The number of primary amides is 1. The van der Waals surface area contributed by atoms with Crippen molar-refractivity contribution in [3.8, 4) is 11.4 Å². The Balaban J connectivity index is 1.44. The van der Waals surface area contributed by atoms with Crippen LogP contribution in [0.5, 0.6) is 0 Å². The van der Waals surface area contributed by atoms with Crippen LogP contribution in [0.25, 0.3) is 11.4 Å². The van der Waals surface area contributed by atoms with Gasteiger partial charge in [-0.25, -0.2) is 9.07 Å². The summed E-state index contributed by atoms with van der Waals surface area (Å²) < 4.78 is 23.1. The first kappa shape index (κ1) is 21.3. The van der Waals surface area contributed by atoms with E-state index in [9.17, 15) is 9.18 Å². The van der Waals surface area contributed by atoms with Gasteiger partial charge in [0.05, 0.1) is 12.6 Å². The van der Waals surface area contributed by atoms with Crippen LogP contribution in [0.3, 0.4) is 0 Å². The molecule has 1 atom stereocenters. The first-order valence-corrected chi connectivity index (χ1v) is 10.5. The van der Waals surface area contributed by atoms with Gasteiger partial charge in [-0.1, -0.05) is 17.3 Å². The molecule has 1 aliphatic rings. The summed E-state index contributed by atoms with van der Waals surface area (Å²) in [6.45, 7) is 2.15. The van der Waals surface area contributed by atoms with Gasteiger partial charge in [0.15, 0.2) is 4.77 Å². The van der Waals surface area contributed by atoms with Gasteiger partial charge in [0.25, 0.3) is 0 Å². The van der Waals surface area contributed by atoms with E-state index in [0.717, 1.165) is 31.8 Å². The van der Waals surface area contributed by atoms with E-state index >= 15 is 0 Å². The van der Waals surface area contributed by atoms with E-state index in [1.807, 2.05) is 11.6 Å². The van der Waals surface area contributed by atoms with Crippen molar-refractivity contribution in [2.45, 2.75) is 38.3 Å². The number of nitrogens with zero attached hydrogens (tertiary/aromatic N) is 6.